The summed E-state index contributed by atoms with van der Waals surface area (Å²) in [5.41, 5.74) is 2.72. The number of rotatable bonds is 4. The average molecular weight is 411 g/mol. The second-order valence-electron chi connectivity index (χ2n) is 7.98. The average Bonchev–Trinajstić information content (AvgIpc) is 2.87. The van der Waals surface area contributed by atoms with Crippen LogP contribution in [0.2, 0.25) is 0 Å². The van der Waals surface area contributed by atoms with E-state index in [-0.39, 0.29) is 18.7 Å². The van der Waals surface area contributed by atoms with Crippen molar-refractivity contribution in [2.75, 3.05) is 5.32 Å². The van der Waals surface area contributed by atoms with Gasteiger partial charge in [-0.15, -0.1) is 0 Å². The summed E-state index contributed by atoms with van der Waals surface area (Å²) < 4.78 is 59.3. The molecular weight excluding hydrogens is 390 g/mol. The number of nitrogens with zero attached hydrogens (tertiary/aromatic N) is 2. The van der Waals surface area contributed by atoms with Crippen LogP contribution in [-0.2, 0) is 11.8 Å². The Kier molecular flexibility index (Phi) is 4.59. The lowest BCUT2D eigenvalue weighted by Gasteiger charge is -2.34. The summed E-state index contributed by atoms with van der Waals surface area (Å²) in [5.74, 6) is -5.65. The minimum absolute atomic E-state index is 0.289. The molecule has 156 valence electrons. The number of hydrogen-bond donors (Lipinski definition) is 1. The lowest BCUT2D eigenvalue weighted by atomic mass is 9.77. The van der Waals surface area contributed by atoms with Crippen LogP contribution in [0.25, 0.3) is 11.1 Å². The first-order valence-corrected chi connectivity index (χ1v) is 9.40. The van der Waals surface area contributed by atoms with E-state index in [4.69, 9.17) is 4.74 Å². The Hall–Kier alpha value is -2.58. The van der Waals surface area contributed by atoms with Crippen molar-refractivity contribution in [3.05, 3.63) is 35.5 Å². The van der Waals surface area contributed by atoms with Gasteiger partial charge in [-0.05, 0) is 12.5 Å². The van der Waals surface area contributed by atoms with Gasteiger partial charge in [-0.1, -0.05) is 29.8 Å². The minimum atomic E-state index is -2.80. The highest BCUT2D eigenvalue weighted by Gasteiger charge is 2.49. The zero-order chi connectivity index (χ0) is 21.0. The van der Waals surface area contributed by atoms with Gasteiger partial charge in [-0.2, -0.15) is 5.10 Å². The van der Waals surface area contributed by atoms with E-state index in [1.807, 2.05) is 31.2 Å². The highest BCUT2D eigenvalue weighted by molar-refractivity contribution is 5.91. The van der Waals surface area contributed by atoms with Gasteiger partial charge in [0.2, 0.25) is 5.92 Å². The molecule has 5 nitrogen and oxygen atoms in total. The van der Waals surface area contributed by atoms with Crippen LogP contribution in [0.4, 0.5) is 28.2 Å². The van der Waals surface area contributed by atoms with E-state index < -0.39 is 42.8 Å². The molecule has 2 aliphatic carbocycles. The van der Waals surface area contributed by atoms with Crippen LogP contribution >= 0.6 is 0 Å². The molecule has 0 saturated heterocycles. The molecule has 2 fully saturated rings. The quantitative estimate of drug-likeness (QED) is 0.699. The summed E-state index contributed by atoms with van der Waals surface area (Å²) in [6, 6.07) is 7.41. The van der Waals surface area contributed by atoms with Gasteiger partial charge in [0.15, 0.2) is 0 Å². The van der Waals surface area contributed by atoms with Crippen LogP contribution in [0.3, 0.4) is 0 Å². The van der Waals surface area contributed by atoms with Crippen LogP contribution in [0.1, 0.15) is 42.9 Å². The van der Waals surface area contributed by atoms with E-state index in [0.29, 0.717) is 11.3 Å². The lowest BCUT2D eigenvalue weighted by molar-refractivity contribution is -0.142. The number of carbonyl (C=O) groups excluding carboxylic acids is 1. The Morgan fingerprint density at radius 3 is 2.41 bits per heavy atom. The van der Waals surface area contributed by atoms with Crippen molar-refractivity contribution in [3.8, 4) is 11.1 Å². The van der Waals surface area contributed by atoms with Gasteiger partial charge in [0.05, 0.1) is 5.69 Å². The molecule has 29 heavy (non-hydrogen) atoms. The van der Waals surface area contributed by atoms with E-state index in [0.717, 1.165) is 11.1 Å². The number of anilines is 1. The van der Waals surface area contributed by atoms with E-state index in [1.54, 1.807) is 7.05 Å². The number of amides is 1. The van der Waals surface area contributed by atoms with Crippen molar-refractivity contribution in [2.24, 2.45) is 7.05 Å². The van der Waals surface area contributed by atoms with Crippen LogP contribution in [-0.4, -0.2) is 33.8 Å². The predicted octanol–water partition coefficient (Wildman–Crippen LogP) is 5.25. The topological polar surface area (TPSA) is 56.2 Å². The number of ether oxygens (including phenoxy) is 1. The van der Waals surface area contributed by atoms with E-state index in [9.17, 15) is 22.4 Å². The summed E-state index contributed by atoms with van der Waals surface area (Å²) in [7, 11) is 1.59. The maximum Gasteiger partial charge on any atom is 0.413 e. The van der Waals surface area contributed by atoms with Gasteiger partial charge < -0.3 is 4.74 Å². The molecule has 0 bridgehead atoms. The fourth-order valence-electron chi connectivity index (χ4n) is 3.88. The minimum Gasteiger partial charge on any atom is -0.445 e. The van der Waals surface area contributed by atoms with Gasteiger partial charge in [0.1, 0.15) is 11.9 Å². The van der Waals surface area contributed by atoms with Gasteiger partial charge in [0.25, 0.3) is 5.92 Å². The van der Waals surface area contributed by atoms with Crippen molar-refractivity contribution in [2.45, 2.75) is 56.5 Å². The van der Waals surface area contributed by atoms with Gasteiger partial charge in [-0.25, -0.2) is 22.4 Å². The summed E-state index contributed by atoms with van der Waals surface area (Å²) in [4.78, 5) is 12.3. The molecule has 4 rings (SSSR count). The molecular formula is C20H21F4N3O2. The first-order chi connectivity index (χ1) is 13.5. The molecule has 1 aromatic heterocycles. The van der Waals surface area contributed by atoms with Gasteiger partial charge in [-0.3, -0.25) is 10.00 Å². The van der Waals surface area contributed by atoms with E-state index in [2.05, 4.69) is 10.4 Å². The third-order valence-electron chi connectivity index (χ3n) is 5.40. The van der Waals surface area contributed by atoms with Gasteiger partial charge in [0, 0.05) is 44.2 Å². The number of hydrogen-bond acceptors (Lipinski definition) is 3. The zero-order valence-corrected chi connectivity index (χ0v) is 16.0. The molecule has 9 heteroatoms. The smallest absolute Gasteiger partial charge is 0.413 e. The fraction of sp³-hybridized carbons (Fsp3) is 0.500. The molecule has 1 N–H and O–H groups in total. The van der Waals surface area contributed by atoms with Crippen molar-refractivity contribution in [1.29, 1.82) is 0 Å². The molecule has 1 aromatic carbocycles. The number of carbonyl (C=O) groups is 1. The molecule has 0 aliphatic heterocycles. The van der Waals surface area contributed by atoms with Crippen molar-refractivity contribution < 1.29 is 27.1 Å². The third kappa shape index (κ3) is 3.95. The first-order valence-electron chi connectivity index (χ1n) is 9.40. The summed E-state index contributed by atoms with van der Waals surface area (Å²) >= 11 is 0. The highest BCUT2D eigenvalue weighted by atomic mass is 19.3. The summed E-state index contributed by atoms with van der Waals surface area (Å²) in [6.45, 7) is 1.90. The van der Waals surface area contributed by atoms with Crippen molar-refractivity contribution in [3.63, 3.8) is 0 Å². The fourth-order valence-corrected chi connectivity index (χ4v) is 3.88. The van der Waals surface area contributed by atoms with E-state index >= 15 is 0 Å². The maximum atomic E-state index is 13.5. The maximum absolute atomic E-state index is 13.5. The molecule has 0 spiro atoms. The van der Waals surface area contributed by atoms with Crippen LogP contribution in [0.15, 0.2) is 24.3 Å². The molecule has 1 amide bonds. The number of benzene rings is 1. The second kappa shape index (κ2) is 6.74. The monoisotopic (exact) mass is 411 g/mol. The molecule has 2 aliphatic rings. The molecule has 0 radical (unpaired) electrons. The van der Waals surface area contributed by atoms with E-state index in [1.165, 1.54) is 4.68 Å². The number of nitrogens with one attached hydrogen (secondary N) is 1. The molecule has 1 heterocycles. The van der Waals surface area contributed by atoms with Crippen LogP contribution < -0.4 is 5.32 Å². The summed E-state index contributed by atoms with van der Waals surface area (Å²) in [6.07, 6.45) is -3.32. The molecule has 2 saturated carbocycles. The Bertz CT molecular complexity index is 941. The molecule has 0 unspecified atom stereocenters. The molecule has 0 atom stereocenters. The van der Waals surface area contributed by atoms with Crippen LogP contribution in [0.5, 0.6) is 0 Å². The standard InChI is InChI=1S/C20H21F4N3O2/c1-11-4-3-5-12(6-11)15-16(13-7-19(21,22)8-13)26-27(2)17(15)25-18(28)29-14-9-20(23,24)10-14/h3-6,13-14H,7-10H2,1-2H3,(H,25,28). The normalized spacial score (nSPS) is 20.6. The second-order valence-corrected chi connectivity index (χ2v) is 7.98. The number of aromatic nitrogens is 2. The number of alkyl halides is 4. The Morgan fingerprint density at radius 2 is 1.83 bits per heavy atom. The Balaban J connectivity index is 1.62. The predicted molar refractivity (Wildman–Crippen MR) is 98.4 cm³/mol. The third-order valence-corrected chi connectivity index (χ3v) is 5.40. The number of aryl methyl sites for hydroxylation is 2. The van der Waals surface area contributed by atoms with Crippen LogP contribution in [0, 0.1) is 6.92 Å². The zero-order valence-electron chi connectivity index (χ0n) is 16.0. The van der Waals surface area contributed by atoms with Crippen molar-refractivity contribution in [1.82, 2.24) is 9.78 Å². The van der Waals surface area contributed by atoms with Gasteiger partial charge >= 0.3 is 6.09 Å². The SMILES string of the molecule is Cc1cccc(-c2c(C3CC(F)(F)C3)nn(C)c2NC(=O)OC2CC(F)(F)C2)c1. The highest BCUT2D eigenvalue weighted by Crippen LogP contribution is 2.51. The largest absolute Gasteiger partial charge is 0.445 e. The Labute approximate surface area is 165 Å². The first kappa shape index (κ1) is 19.7. The lowest BCUT2D eigenvalue weighted by Crippen LogP contribution is -2.43. The summed E-state index contributed by atoms with van der Waals surface area (Å²) in [5, 5.41) is 6.96. The molecule has 2 aromatic rings. The Morgan fingerprint density at radius 1 is 1.17 bits per heavy atom. The van der Waals surface area contributed by atoms with Crippen molar-refractivity contribution >= 4 is 11.9 Å². The number of halogens is 4.